The van der Waals surface area contributed by atoms with Crippen LogP contribution in [0.3, 0.4) is 0 Å². The molecule has 1 aliphatic rings. The van der Waals surface area contributed by atoms with Crippen LogP contribution >= 0.6 is 11.3 Å². The third-order valence-corrected chi connectivity index (χ3v) is 10.8. The van der Waals surface area contributed by atoms with Crippen LogP contribution in [-0.2, 0) is 5.41 Å². The van der Waals surface area contributed by atoms with Crippen LogP contribution in [0, 0.1) is 0 Å². The smallest absolute Gasteiger partial charge is 0.0555 e. The van der Waals surface area contributed by atoms with Gasteiger partial charge in [-0.2, -0.15) is 0 Å². The summed E-state index contributed by atoms with van der Waals surface area (Å²) in [6.45, 7) is 4.78. The van der Waals surface area contributed by atoms with E-state index in [9.17, 15) is 0 Å². The second kappa shape index (κ2) is 9.92. The molecular formula is C43H31NS. The molecule has 0 N–H and O–H groups in total. The highest BCUT2D eigenvalue weighted by Crippen LogP contribution is 2.58. The lowest BCUT2D eigenvalue weighted by atomic mass is 9.80. The van der Waals surface area contributed by atoms with Crippen molar-refractivity contribution in [1.82, 2.24) is 0 Å². The van der Waals surface area contributed by atoms with Crippen molar-refractivity contribution in [1.29, 1.82) is 0 Å². The van der Waals surface area contributed by atoms with E-state index < -0.39 is 0 Å². The van der Waals surface area contributed by atoms with E-state index in [4.69, 9.17) is 0 Å². The fourth-order valence-electron chi connectivity index (χ4n) is 7.67. The van der Waals surface area contributed by atoms with Crippen molar-refractivity contribution in [2.24, 2.45) is 0 Å². The average molecular weight is 594 g/mol. The summed E-state index contributed by atoms with van der Waals surface area (Å²) in [4.78, 5) is 2.56. The monoisotopic (exact) mass is 593 g/mol. The van der Waals surface area contributed by atoms with Crippen LogP contribution < -0.4 is 4.90 Å². The van der Waals surface area contributed by atoms with Crippen molar-refractivity contribution < 1.29 is 0 Å². The maximum absolute atomic E-state index is 2.56. The molecule has 8 aromatic rings. The van der Waals surface area contributed by atoms with Gasteiger partial charge in [0.25, 0.3) is 0 Å². The molecule has 0 bridgehead atoms. The van der Waals surface area contributed by atoms with Crippen LogP contribution in [-0.4, -0.2) is 0 Å². The molecule has 0 spiro atoms. The van der Waals surface area contributed by atoms with Crippen LogP contribution in [0.1, 0.15) is 25.0 Å². The van der Waals surface area contributed by atoms with Gasteiger partial charge in [0.05, 0.1) is 17.1 Å². The Hall–Kier alpha value is -5.18. The molecule has 0 atom stereocenters. The van der Waals surface area contributed by atoms with Gasteiger partial charge in [-0.1, -0.05) is 135 Å². The molecule has 1 aliphatic carbocycles. The average Bonchev–Trinajstić information content (AvgIpc) is 3.59. The Morgan fingerprint density at radius 2 is 1.16 bits per heavy atom. The molecule has 0 radical (unpaired) electrons. The highest BCUT2D eigenvalue weighted by atomic mass is 32.1. The standard InChI is InChI=1S/C43H31NS/c1-43(2)34-22-11-8-20-32(34)41-37(27-29-17-6-7-19-31(29)42(41)43)44(35-23-12-9-18-30(35)28-15-4-3-5-16-28)36-24-14-26-39-40(36)33-21-10-13-25-38(33)45-39/h3-27H,1-2H3. The van der Waals surface area contributed by atoms with Gasteiger partial charge >= 0.3 is 0 Å². The van der Waals surface area contributed by atoms with Crippen LogP contribution in [0.25, 0.3) is 53.2 Å². The van der Waals surface area contributed by atoms with Crippen molar-refractivity contribution in [3.8, 4) is 22.3 Å². The first-order chi connectivity index (χ1) is 22.1. The molecule has 214 valence electrons. The quantitative estimate of drug-likeness (QED) is 0.196. The van der Waals surface area contributed by atoms with Crippen LogP contribution in [0.5, 0.6) is 0 Å². The van der Waals surface area contributed by atoms with Gasteiger partial charge in [-0.3, -0.25) is 0 Å². The molecule has 9 rings (SSSR count). The number of rotatable bonds is 4. The van der Waals surface area contributed by atoms with E-state index in [-0.39, 0.29) is 5.41 Å². The fraction of sp³-hybridized carbons (Fsp3) is 0.0698. The molecule has 1 nitrogen and oxygen atoms in total. The van der Waals surface area contributed by atoms with Crippen LogP contribution in [0.15, 0.2) is 152 Å². The number of hydrogen-bond donors (Lipinski definition) is 0. The van der Waals surface area contributed by atoms with Gasteiger partial charge in [0, 0.05) is 36.7 Å². The summed E-state index contributed by atoms with van der Waals surface area (Å²) in [5.74, 6) is 0. The van der Waals surface area contributed by atoms with Crippen molar-refractivity contribution in [2.45, 2.75) is 19.3 Å². The number of thiophene rings is 1. The van der Waals surface area contributed by atoms with Crippen molar-refractivity contribution >= 4 is 59.3 Å². The Bertz CT molecular complexity index is 2410. The molecule has 0 amide bonds. The molecule has 2 heteroatoms. The first-order valence-electron chi connectivity index (χ1n) is 15.6. The number of hydrogen-bond acceptors (Lipinski definition) is 2. The lowest BCUT2D eigenvalue weighted by Crippen LogP contribution is -2.17. The summed E-state index contributed by atoms with van der Waals surface area (Å²) in [5, 5.41) is 5.19. The zero-order valence-electron chi connectivity index (χ0n) is 25.3. The van der Waals surface area contributed by atoms with E-state index in [1.54, 1.807) is 0 Å². The largest absolute Gasteiger partial charge is 0.309 e. The summed E-state index contributed by atoms with van der Waals surface area (Å²) in [5.41, 5.74) is 11.3. The number of fused-ring (bicyclic) bond motifs is 8. The molecule has 1 aromatic heterocycles. The first-order valence-corrected chi connectivity index (χ1v) is 16.4. The summed E-state index contributed by atoms with van der Waals surface area (Å²) in [6.07, 6.45) is 0. The molecule has 1 heterocycles. The van der Waals surface area contributed by atoms with Gasteiger partial charge in [-0.15, -0.1) is 11.3 Å². The Morgan fingerprint density at radius 1 is 0.511 bits per heavy atom. The molecule has 0 aliphatic heterocycles. The number of para-hydroxylation sites is 1. The van der Waals surface area contributed by atoms with Crippen molar-refractivity contribution in [3.63, 3.8) is 0 Å². The number of benzene rings is 7. The highest BCUT2D eigenvalue weighted by Gasteiger charge is 2.40. The van der Waals surface area contributed by atoms with Gasteiger partial charge in [-0.25, -0.2) is 0 Å². The summed E-state index contributed by atoms with van der Waals surface area (Å²) in [6, 6.07) is 55.8. The first kappa shape index (κ1) is 26.2. The maximum Gasteiger partial charge on any atom is 0.0555 e. The Balaban J connectivity index is 1.47. The minimum Gasteiger partial charge on any atom is -0.309 e. The Labute approximate surface area is 267 Å². The minimum absolute atomic E-state index is 0.146. The maximum atomic E-state index is 2.56. The van der Waals surface area contributed by atoms with Crippen LogP contribution in [0.4, 0.5) is 17.1 Å². The Morgan fingerprint density at radius 3 is 2.02 bits per heavy atom. The van der Waals surface area contributed by atoms with E-state index in [1.165, 1.54) is 81.4 Å². The lowest BCUT2D eigenvalue weighted by molar-refractivity contribution is 0.666. The van der Waals surface area contributed by atoms with E-state index >= 15 is 0 Å². The normalized spacial score (nSPS) is 13.3. The van der Waals surface area contributed by atoms with Gasteiger partial charge in [0.15, 0.2) is 0 Å². The third-order valence-electron chi connectivity index (χ3n) is 9.62. The van der Waals surface area contributed by atoms with E-state index in [0.717, 1.165) is 0 Å². The van der Waals surface area contributed by atoms with E-state index in [0.29, 0.717) is 0 Å². The molecule has 45 heavy (non-hydrogen) atoms. The highest BCUT2D eigenvalue weighted by molar-refractivity contribution is 7.26. The Kier molecular flexibility index (Phi) is 5.78. The summed E-state index contributed by atoms with van der Waals surface area (Å²) < 4.78 is 2.61. The zero-order valence-corrected chi connectivity index (χ0v) is 26.1. The minimum atomic E-state index is -0.146. The van der Waals surface area contributed by atoms with E-state index in [1.807, 2.05) is 11.3 Å². The molecule has 0 saturated carbocycles. The lowest BCUT2D eigenvalue weighted by Gasteiger charge is -2.32. The fourth-order valence-corrected chi connectivity index (χ4v) is 8.80. The van der Waals surface area contributed by atoms with Crippen molar-refractivity contribution in [2.75, 3.05) is 4.90 Å². The molecule has 0 saturated heterocycles. The number of nitrogens with zero attached hydrogens (tertiary/aromatic N) is 1. The second-order valence-electron chi connectivity index (χ2n) is 12.5. The number of anilines is 3. The van der Waals surface area contributed by atoms with Gasteiger partial charge in [-0.05, 0) is 63.4 Å². The van der Waals surface area contributed by atoms with Gasteiger partial charge in [0.1, 0.15) is 0 Å². The third kappa shape index (κ3) is 3.86. The second-order valence-corrected chi connectivity index (χ2v) is 13.6. The molecule has 7 aromatic carbocycles. The van der Waals surface area contributed by atoms with Crippen molar-refractivity contribution in [3.05, 3.63) is 163 Å². The zero-order chi connectivity index (χ0) is 30.1. The molecule has 0 fully saturated rings. The SMILES string of the molecule is CC1(C)c2ccccc2-c2c(N(c3ccccc3-c3ccccc3)c3cccc4sc5ccccc5c34)cc3ccccc3c21. The van der Waals surface area contributed by atoms with Crippen LogP contribution in [0.2, 0.25) is 0 Å². The van der Waals surface area contributed by atoms with Gasteiger partial charge < -0.3 is 4.90 Å². The molecule has 0 unspecified atom stereocenters. The predicted octanol–water partition coefficient (Wildman–Crippen LogP) is 12.7. The summed E-state index contributed by atoms with van der Waals surface area (Å²) in [7, 11) is 0. The van der Waals surface area contributed by atoms with E-state index in [2.05, 4.69) is 170 Å². The topological polar surface area (TPSA) is 3.24 Å². The summed E-state index contributed by atoms with van der Waals surface area (Å²) >= 11 is 1.87. The molecular weight excluding hydrogens is 563 g/mol. The predicted molar refractivity (Wildman–Crippen MR) is 195 cm³/mol. The van der Waals surface area contributed by atoms with Gasteiger partial charge in [0.2, 0.25) is 0 Å².